The molecular formula is C24H31N3O2. The zero-order valence-corrected chi connectivity index (χ0v) is 17.8. The van der Waals surface area contributed by atoms with Crippen LogP contribution in [0.1, 0.15) is 58.0 Å². The standard InChI is InChI=1S/C24H31N3O2/c1-18(25-17-28)23-26-21-9-5-6-10-22(21)27(23)15-7-8-16-29-20-13-11-19(12-14-20)24(2,3)4/h5-6,9-14,17-18H,7-8,15-16H2,1-4H3,(H,25,28). The van der Waals surface area contributed by atoms with Crippen LogP contribution in [0.3, 0.4) is 0 Å². The minimum atomic E-state index is -0.127. The van der Waals surface area contributed by atoms with Crippen LogP contribution in [0.25, 0.3) is 11.0 Å². The second kappa shape index (κ2) is 9.12. The van der Waals surface area contributed by atoms with E-state index in [4.69, 9.17) is 9.72 Å². The summed E-state index contributed by atoms with van der Waals surface area (Å²) in [4.78, 5) is 15.6. The molecule has 5 nitrogen and oxygen atoms in total. The van der Waals surface area contributed by atoms with Crippen molar-refractivity contribution < 1.29 is 9.53 Å². The SMILES string of the molecule is CC(NC=O)c1nc2ccccc2n1CCCCOc1ccc(C(C)(C)C)cc1. The molecule has 3 aromatic rings. The topological polar surface area (TPSA) is 56.2 Å². The Labute approximate surface area is 173 Å². The Kier molecular flexibility index (Phi) is 6.57. The third-order valence-electron chi connectivity index (χ3n) is 5.15. The predicted molar refractivity (Wildman–Crippen MR) is 117 cm³/mol. The smallest absolute Gasteiger partial charge is 0.207 e. The van der Waals surface area contributed by atoms with Gasteiger partial charge in [0.05, 0.1) is 23.7 Å². The van der Waals surface area contributed by atoms with Crippen LogP contribution >= 0.6 is 0 Å². The maximum atomic E-state index is 10.9. The van der Waals surface area contributed by atoms with E-state index in [0.29, 0.717) is 6.61 Å². The number of aryl methyl sites for hydroxylation is 1. The van der Waals surface area contributed by atoms with Gasteiger partial charge < -0.3 is 14.6 Å². The predicted octanol–water partition coefficient (Wildman–Crippen LogP) is 5.00. The molecule has 0 aliphatic rings. The molecule has 0 radical (unpaired) electrons. The summed E-state index contributed by atoms with van der Waals surface area (Å²) in [5, 5.41) is 2.81. The fraction of sp³-hybridized carbons (Fsp3) is 0.417. The highest BCUT2D eigenvalue weighted by molar-refractivity contribution is 5.76. The lowest BCUT2D eigenvalue weighted by Crippen LogP contribution is -2.20. The number of nitrogens with one attached hydrogen (secondary N) is 1. The summed E-state index contributed by atoms with van der Waals surface area (Å²) >= 11 is 0. The number of ether oxygens (including phenoxy) is 1. The van der Waals surface area contributed by atoms with E-state index >= 15 is 0 Å². The van der Waals surface area contributed by atoms with Crippen molar-refractivity contribution in [2.24, 2.45) is 0 Å². The molecule has 0 saturated carbocycles. The highest BCUT2D eigenvalue weighted by atomic mass is 16.5. The van der Waals surface area contributed by atoms with Crippen LogP contribution in [-0.4, -0.2) is 22.6 Å². The van der Waals surface area contributed by atoms with Gasteiger partial charge in [0.15, 0.2) is 0 Å². The van der Waals surface area contributed by atoms with Crippen LogP contribution in [-0.2, 0) is 16.8 Å². The number of unbranched alkanes of at least 4 members (excludes halogenated alkanes) is 1. The first-order valence-corrected chi connectivity index (χ1v) is 10.3. The number of amides is 1. The molecule has 1 N–H and O–H groups in total. The lowest BCUT2D eigenvalue weighted by Gasteiger charge is -2.19. The van der Waals surface area contributed by atoms with Crippen molar-refractivity contribution in [1.82, 2.24) is 14.9 Å². The van der Waals surface area contributed by atoms with Crippen LogP contribution in [0.15, 0.2) is 48.5 Å². The molecule has 0 fully saturated rings. The van der Waals surface area contributed by atoms with Gasteiger partial charge in [0.2, 0.25) is 6.41 Å². The molecule has 2 aromatic carbocycles. The van der Waals surface area contributed by atoms with E-state index in [1.165, 1.54) is 5.56 Å². The van der Waals surface area contributed by atoms with E-state index < -0.39 is 0 Å². The largest absolute Gasteiger partial charge is 0.494 e. The number of carbonyl (C=O) groups is 1. The molecular weight excluding hydrogens is 362 g/mol. The lowest BCUT2D eigenvalue weighted by molar-refractivity contribution is -0.110. The average molecular weight is 394 g/mol. The van der Waals surface area contributed by atoms with E-state index in [1.807, 2.05) is 25.1 Å². The molecule has 0 spiro atoms. The second-order valence-electron chi connectivity index (χ2n) is 8.45. The van der Waals surface area contributed by atoms with Gasteiger partial charge in [-0.1, -0.05) is 45.0 Å². The normalized spacial score (nSPS) is 12.7. The molecule has 154 valence electrons. The first-order valence-electron chi connectivity index (χ1n) is 10.3. The highest BCUT2D eigenvalue weighted by Gasteiger charge is 2.16. The van der Waals surface area contributed by atoms with Crippen LogP contribution in [0.5, 0.6) is 5.75 Å². The number of carbonyl (C=O) groups excluding carboxylic acids is 1. The number of para-hydroxylation sites is 2. The Morgan fingerprint density at radius 1 is 1.10 bits per heavy atom. The molecule has 0 aliphatic carbocycles. The fourth-order valence-corrected chi connectivity index (χ4v) is 3.45. The molecule has 5 heteroatoms. The van der Waals surface area contributed by atoms with Crippen molar-refractivity contribution in [1.29, 1.82) is 0 Å². The van der Waals surface area contributed by atoms with Crippen LogP contribution in [0.2, 0.25) is 0 Å². The third-order valence-corrected chi connectivity index (χ3v) is 5.15. The average Bonchev–Trinajstić information content (AvgIpc) is 3.06. The van der Waals surface area contributed by atoms with Crippen molar-refractivity contribution in [2.75, 3.05) is 6.61 Å². The molecule has 1 heterocycles. The van der Waals surface area contributed by atoms with Gasteiger partial charge in [0.25, 0.3) is 0 Å². The van der Waals surface area contributed by atoms with Gasteiger partial charge in [0.1, 0.15) is 11.6 Å². The number of nitrogens with zero attached hydrogens (tertiary/aromatic N) is 2. The van der Waals surface area contributed by atoms with Gasteiger partial charge in [0, 0.05) is 6.54 Å². The van der Waals surface area contributed by atoms with E-state index in [-0.39, 0.29) is 11.5 Å². The summed E-state index contributed by atoms with van der Waals surface area (Å²) < 4.78 is 8.12. The van der Waals surface area contributed by atoms with Crippen molar-refractivity contribution in [2.45, 2.75) is 58.5 Å². The number of fused-ring (bicyclic) bond motifs is 1. The summed E-state index contributed by atoms with van der Waals surface area (Å²) in [6.07, 6.45) is 2.65. The van der Waals surface area contributed by atoms with Gasteiger partial charge in [-0.05, 0) is 55.0 Å². The summed E-state index contributed by atoms with van der Waals surface area (Å²) in [7, 11) is 0. The number of hydrogen-bond acceptors (Lipinski definition) is 3. The number of hydrogen-bond donors (Lipinski definition) is 1. The Hall–Kier alpha value is -2.82. The van der Waals surface area contributed by atoms with Gasteiger partial charge in [-0.2, -0.15) is 0 Å². The molecule has 3 rings (SSSR count). The summed E-state index contributed by atoms with van der Waals surface area (Å²) in [5.41, 5.74) is 3.51. The number of imidazole rings is 1. The minimum Gasteiger partial charge on any atom is -0.494 e. The van der Waals surface area contributed by atoms with Gasteiger partial charge in [-0.25, -0.2) is 4.98 Å². The maximum absolute atomic E-state index is 10.9. The second-order valence-corrected chi connectivity index (χ2v) is 8.45. The molecule has 29 heavy (non-hydrogen) atoms. The fourth-order valence-electron chi connectivity index (χ4n) is 3.45. The quantitative estimate of drug-likeness (QED) is 0.411. The maximum Gasteiger partial charge on any atom is 0.207 e. The number of rotatable bonds is 9. The Bertz CT molecular complexity index is 939. The molecule has 0 saturated heterocycles. The lowest BCUT2D eigenvalue weighted by atomic mass is 9.87. The number of aromatic nitrogens is 2. The van der Waals surface area contributed by atoms with Crippen molar-refractivity contribution in [3.63, 3.8) is 0 Å². The van der Waals surface area contributed by atoms with Gasteiger partial charge in [-0.3, -0.25) is 4.79 Å². The van der Waals surface area contributed by atoms with E-state index in [0.717, 1.165) is 48.4 Å². The highest BCUT2D eigenvalue weighted by Crippen LogP contribution is 2.24. The molecule has 0 aliphatic heterocycles. The van der Waals surface area contributed by atoms with E-state index in [1.54, 1.807) is 0 Å². The molecule has 1 amide bonds. The summed E-state index contributed by atoms with van der Waals surface area (Å²) in [5.74, 6) is 1.80. The monoisotopic (exact) mass is 393 g/mol. The van der Waals surface area contributed by atoms with E-state index in [9.17, 15) is 4.79 Å². The Balaban J connectivity index is 1.57. The first kappa shape index (κ1) is 20.9. The molecule has 1 atom stereocenters. The minimum absolute atomic E-state index is 0.127. The van der Waals surface area contributed by atoms with Crippen LogP contribution in [0.4, 0.5) is 0 Å². The van der Waals surface area contributed by atoms with Crippen molar-refractivity contribution in [3.05, 3.63) is 59.9 Å². The van der Waals surface area contributed by atoms with Crippen molar-refractivity contribution in [3.8, 4) is 5.75 Å². The molecule has 1 unspecified atom stereocenters. The zero-order valence-electron chi connectivity index (χ0n) is 17.8. The van der Waals surface area contributed by atoms with Crippen molar-refractivity contribution >= 4 is 17.4 Å². The number of benzene rings is 2. The third kappa shape index (κ3) is 5.17. The van der Waals surface area contributed by atoms with Crippen LogP contribution in [0, 0.1) is 0 Å². The van der Waals surface area contributed by atoms with E-state index in [2.05, 4.69) is 61.0 Å². The molecule has 1 aromatic heterocycles. The Morgan fingerprint density at radius 3 is 2.52 bits per heavy atom. The Morgan fingerprint density at radius 2 is 1.83 bits per heavy atom. The summed E-state index contributed by atoms with van der Waals surface area (Å²) in [6, 6.07) is 16.3. The zero-order chi connectivity index (χ0) is 20.9. The van der Waals surface area contributed by atoms with Gasteiger partial charge >= 0.3 is 0 Å². The molecule has 0 bridgehead atoms. The van der Waals surface area contributed by atoms with Crippen LogP contribution < -0.4 is 10.1 Å². The first-order chi connectivity index (χ1) is 13.9. The summed E-state index contributed by atoms with van der Waals surface area (Å²) in [6.45, 7) is 10.1. The van der Waals surface area contributed by atoms with Gasteiger partial charge in [-0.15, -0.1) is 0 Å².